The van der Waals surface area contributed by atoms with Gasteiger partial charge in [-0.2, -0.15) is 0 Å². The van der Waals surface area contributed by atoms with Crippen molar-refractivity contribution in [1.82, 2.24) is 0 Å². The molecule has 0 saturated heterocycles. The van der Waals surface area contributed by atoms with E-state index in [9.17, 15) is 20.4 Å². The summed E-state index contributed by atoms with van der Waals surface area (Å²) in [5, 5.41) is 41.2. The second-order valence-corrected chi connectivity index (χ2v) is 12.7. The zero-order chi connectivity index (χ0) is 28.4. The van der Waals surface area contributed by atoms with Crippen LogP contribution < -0.4 is 0 Å². The van der Waals surface area contributed by atoms with E-state index in [2.05, 4.69) is 55.4 Å². The quantitative estimate of drug-likeness (QED) is 0.148. The van der Waals surface area contributed by atoms with Crippen molar-refractivity contribution in [3.05, 3.63) is 0 Å². The maximum Gasteiger partial charge on any atom is 0.0776 e. The highest BCUT2D eigenvalue weighted by molar-refractivity contribution is 4.81. The molecule has 0 amide bonds. The average Bonchev–Trinajstić information content (AvgIpc) is 2.71. The minimum atomic E-state index is -0.732. The van der Waals surface area contributed by atoms with Gasteiger partial charge in [-0.25, -0.2) is 0 Å². The summed E-state index contributed by atoms with van der Waals surface area (Å²) in [4.78, 5) is 0. The van der Waals surface area contributed by atoms with Gasteiger partial charge in [0.05, 0.1) is 82.7 Å². The van der Waals surface area contributed by atoms with E-state index in [1.165, 1.54) is 0 Å². The first-order valence-corrected chi connectivity index (χ1v) is 14.3. The van der Waals surface area contributed by atoms with E-state index in [0.29, 0.717) is 49.4 Å². The molecule has 4 atom stereocenters. The molecule has 0 radical (unpaired) electrons. The molecule has 4 unspecified atom stereocenters. The molecule has 0 heterocycles. The fraction of sp³-hybridized carbons (Fsp3) is 1.00. The van der Waals surface area contributed by atoms with Crippen LogP contribution in [0.1, 0.15) is 81.1 Å². The summed E-state index contributed by atoms with van der Waals surface area (Å²) in [6, 6.07) is 0. The summed E-state index contributed by atoms with van der Waals surface area (Å²) >= 11 is 0. The van der Waals surface area contributed by atoms with Crippen LogP contribution in [-0.2, 0) is 18.9 Å². The molecule has 0 spiro atoms. The second kappa shape index (κ2) is 20.6. The zero-order valence-corrected chi connectivity index (χ0v) is 25.0. The van der Waals surface area contributed by atoms with Gasteiger partial charge >= 0.3 is 0 Å². The third kappa shape index (κ3) is 21.2. The smallest absolute Gasteiger partial charge is 0.0776 e. The lowest BCUT2D eigenvalue weighted by molar-refractivity contribution is -0.133. The fourth-order valence-corrected chi connectivity index (χ4v) is 4.34. The van der Waals surface area contributed by atoms with Crippen LogP contribution in [0.5, 0.6) is 0 Å². The lowest BCUT2D eigenvalue weighted by Gasteiger charge is -2.34. The van der Waals surface area contributed by atoms with Crippen molar-refractivity contribution >= 4 is 0 Å². The average molecular weight is 537 g/mol. The predicted octanol–water partition coefficient (Wildman–Crippen LogP) is 3.67. The Bertz CT molecular complexity index is 433. The molecule has 0 fully saturated rings. The maximum absolute atomic E-state index is 10.3. The Morgan fingerprint density at radius 1 is 0.405 bits per heavy atom. The van der Waals surface area contributed by atoms with E-state index in [1.807, 2.05) is 0 Å². The molecule has 0 aliphatic rings. The molecule has 0 aromatic rings. The van der Waals surface area contributed by atoms with Gasteiger partial charge in [0, 0.05) is 0 Å². The zero-order valence-electron chi connectivity index (χ0n) is 25.0. The van der Waals surface area contributed by atoms with Gasteiger partial charge in [-0.1, -0.05) is 55.4 Å². The third-order valence-corrected chi connectivity index (χ3v) is 5.85. The lowest BCUT2D eigenvalue weighted by atomic mass is 9.92. The first-order valence-electron chi connectivity index (χ1n) is 14.3. The van der Waals surface area contributed by atoms with Gasteiger partial charge in [-0.3, -0.25) is 0 Å². The van der Waals surface area contributed by atoms with Crippen molar-refractivity contribution in [2.45, 2.75) is 105 Å². The first-order chi connectivity index (χ1) is 17.2. The van der Waals surface area contributed by atoms with Gasteiger partial charge in [0.15, 0.2) is 0 Å². The van der Waals surface area contributed by atoms with E-state index in [1.54, 1.807) is 0 Å². The minimum absolute atomic E-state index is 0.182. The van der Waals surface area contributed by atoms with Crippen LogP contribution in [0.4, 0.5) is 0 Å². The molecule has 0 aromatic heterocycles. The topological polar surface area (TPSA) is 118 Å². The molecule has 0 aliphatic carbocycles. The van der Waals surface area contributed by atoms with Gasteiger partial charge in [0.25, 0.3) is 0 Å². The summed E-state index contributed by atoms with van der Waals surface area (Å²) in [7, 11) is 0. The molecule has 0 bridgehead atoms. The Morgan fingerprint density at radius 3 is 0.757 bits per heavy atom. The molecule has 0 rings (SSSR count). The van der Waals surface area contributed by atoms with Gasteiger partial charge in [0.1, 0.15) is 0 Å². The van der Waals surface area contributed by atoms with Crippen LogP contribution in [0, 0.1) is 29.1 Å². The van der Waals surface area contributed by atoms with Gasteiger partial charge in [-0.15, -0.1) is 0 Å². The Kier molecular flexibility index (Phi) is 20.4. The van der Waals surface area contributed by atoms with Crippen molar-refractivity contribution < 1.29 is 39.4 Å². The maximum atomic E-state index is 10.3. The summed E-state index contributed by atoms with van der Waals surface area (Å²) in [5.41, 5.74) is -0.732. The van der Waals surface area contributed by atoms with Crippen LogP contribution in [0.25, 0.3) is 0 Å². The standard InChI is InChI=1S/C29H60O8/c1-21(2)9-25(30)13-34-17-29(18-35-14-26(31)10-22(3)4,19-36-15-27(32)11-23(5)6)20-37-16-28(33)12-24(7)8/h21-28,30-33H,9-20H2,1-8H3. The summed E-state index contributed by atoms with van der Waals surface area (Å²) in [6.45, 7) is 18.0. The van der Waals surface area contributed by atoms with E-state index in [-0.39, 0.29) is 52.9 Å². The Balaban J connectivity index is 5.38. The molecule has 4 N–H and O–H groups in total. The first kappa shape index (κ1) is 36.7. The van der Waals surface area contributed by atoms with E-state index >= 15 is 0 Å². The second-order valence-electron chi connectivity index (χ2n) is 12.7. The van der Waals surface area contributed by atoms with Gasteiger partial charge in [0.2, 0.25) is 0 Å². The lowest BCUT2D eigenvalue weighted by Crippen LogP contribution is -2.44. The third-order valence-electron chi connectivity index (χ3n) is 5.85. The predicted molar refractivity (Wildman–Crippen MR) is 148 cm³/mol. The van der Waals surface area contributed by atoms with Crippen LogP contribution in [0.3, 0.4) is 0 Å². The number of hydrogen-bond acceptors (Lipinski definition) is 8. The van der Waals surface area contributed by atoms with Crippen LogP contribution in [0.2, 0.25) is 0 Å². The fourth-order valence-electron chi connectivity index (χ4n) is 4.34. The SMILES string of the molecule is CC(C)CC(O)COCC(COCC(O)CC(C)C)(COCC(O)CC(C)C)COCC(O)CC(C)C. The highest BCUT2D eigenvalue weighted by Gasteiger charge is 2.34. The molecule has 37 heavy (non-hydrogen) atoms. The van der Waals surface area contributed by atoms with Crippen molar-refractivity contribution in [2.24, 2.45) is 29.1 Å². The number of ether oxygens (including phenoxy) is 4. The molecule has 8 heteroatoms. The van der Waals surface area contributed by atoms with Crippen LogP contribution in [0.15, 0.2) is 0 Å². The van der Waals surface area contributed by atoms with Crippen LogP contribution >= 0.6 is 0 Å². The number of aliphatic hydroxyl groups is 4. The summed E-state index contributed by atoms with van der Waals surface area (Å²) in [6.07, 6.45) is 0.258. The molecule has 0 aliphatic heterocycles. The molecule has 8 nitrogen and oxygen atoms in total. The number of rotatable bonds is 24. The van der Waals surface area contributed by atoms with Crippen molar-refractivity contribution in [3.63, 3.8) is 0 Å². The normalized spacial score (nSPS) is 17.5. The summed E-state index contributed by atoms with van der Waals surface area (Å²) in [5.74, 6) is 1.41. The monoisotopic (exact) mass is 536 g/mol. The molecular weight excluding hydrogens is 476 g/mol. The molecule has 224 valence electrons. The van der Waals surface area contributed by atoms with Crippen molar-refractivity contribution in [1.29, 1.82) is 0 Å². The molecule has 0 aromatic carbocycles. The Labute approximate surface area is 227 Å². The van der Waals surface area contributed by atoms with Crippen LogP contribution in [-0.4, -0.2) is 97.7 Å². The minimum Gasteiger partial charge on any atom is -0.391 e. The van der Waals surface area contributed by atoms with E-state index < -0.39 is 29.8 Å². The van der Waals surface area contributed by atoms with E-state index in [0.717, 1.165) is 0 Å². The molecule has 0 saturated carbocycles. The van der Waals surface area contributed by atoms with Gasteiger partial charge in [-0.05, 0) is 49.4 Å². The summed E-state index contributed by atoms with van der Waals surface area (Å²) < 4.78 is 23.8. The number of aliphatic hydroxyl groups excluding tert-OH is 4. The van der Waals surface area contributed by atoms with Crippen molar-refractivity contribution in [3.8, 4) is 0 Å². The van der Waals surface area contributed by atoms with Gasteiger partial charge < -0.3 is 39.4 Å². The number of hydrogen-bond donors (Lipinski definition) is 4. The molecular formula is C29H60O8. The Morgan fingerprint density at radius 2 is 0.595 bits per heavy atom. The highest BCUT2D eigenvalue weighted by atomic mass is 16.5. The Hall–Kier alpha value is -0.320. The van der Waals surface area contributed by atoms with E-state index in [4.69, 9.17) is 18.9 Å². The largest absolute Gasteiger partial charge is 0.391 e. The highest BCUT2D eigenvalue weighted by Crippen LogP contribution is 2.23. The van der Waals surface area contributed by atoms with Crippen molar-refractivity contribution in [2.75, 3.05) is 52.9 Å².